The predicted molar refractivity (Wildman–Crippen MR) is 191 cm³/mol. The summed E-state index contributed by atoms with van der Waals surface area (Å²) in [6.07, 6.45) is -2.31. The molecule has 53 heavy (non-hydrogen) atoms. The van der Waals surface area contributed by atoms with Gasteiger partial charge in [0.2, 0.25) is 6.29 Å². The third kappa shape index (κ3) is 5.77. The molecule has 0 bridgehead atoms. The lowest BCUT2D eigenvalue weighted by Crippen LogP contribution is -2.66. The fourth-order valence-corrected chi connectivity index (χ4v) is 13.5. The second-order valence-corrected chi connectivity index (χ2v) is 19.6. The maximum absolute atomic E-state index is 14.6. The van der Waals surface area contributed by atoms with Gasteiger partial charge in [0.15, 0.2) is 6.29 Å². The van der Waals surface area contributed by atoms with Gasteiger partial charge in [0.05, 0.1) is 24.7 Å². The zero-order valence-electron chi connectivity index (χ0n) is 32.7. The highest BCUT2D eigenvalue weighted by molar-refractivity contribution is 5.79. The zero-order valence-corrected chi connectivity index (χ0v) is 32.7. The molecule has 0 aromatic heterocycles. The van der Waals surface area contributed by atoms with E-state index in [9.17, 15) is 40.5 Å². The van der Waals surface area contributed by atoms with E-state index < -0.39 is 73.3 Å². The molecular weight excluding hydrogens is 684 g/mol. The normalized spacial score (nSPS) is 55.1. The SMILES string of the molecule is C[C@H]1[C@H](C)CC[C@]2(C(=O)O[C@@H]3O[C@H](CO)[C@@H](O)[C@H](O)[C@H]3O)CC[C@]3(C)C(=CC[C@@H]4[C@@]5(C)CC[C@H](O[C@@H]6OC[C@H](O)[C@H](O)[C@H]6O)C(C)(C)[C@@H]5CC[C@]43C)[C@H]12. The molecule has 0 spiro atoms. The number of esters is 1. The summed E-state index contributed by atoms with van der Waals surface area (Å²) < 4.78 is 23.8. The molecule has 2 saturated heterocycles. The molecule has 5 aliphatic carbocycles. The number of aliphatic hydroxyl groups is 7. The van der Waals surface area contributed by atoms with E-state index >= 15 is 0 Å². The van der Waals surface area contributed by atoms with E-state index in [0.717, 1.165) is 44.9 Å². The molecule has 0 aromatic carbocycles. The summed E-state index contributed by atoms with van der Waals surface area (Å²) in [6.45, 7) is 15.8. The van der Waals surface area contributed by atoms with Crippen LogP contribution in [0.4, 0.5) is 0 Å². The van der Waals surface area contributed by atoms with Crippen LogP contribution in [0.15, 0.2) is 11.6 Å². The number of rotatable bonds is 5. The molecule has 302 valence electrons. The van der Waals surface area contributed by atoms with Crippen molar-refractivity contribution >= 4 is 5.97 Å². The number of ether oxygens (including phenoxy) is 4. The minimum Gasteiger partial charge on any atom is -0.432 e. The molecule has 6 fully saturated rings. The lowest BCUT2D eigenvalue weighted by atomic mass is 9.33. The van der Waals surface area contributed by atoms with Crippen molar-refractivity contribution in [1.29, 1.82) is 0 Å². The Balaban J connectivity index is 1.17. The molecule has 0 amide bonds. The molecule has 0 unspecified atom stereocenters. The molecule has 2 aliphatic heterocycles. The third-order valence-corrected chi connectivity index (χ3v) is 17.2. The van der Waals surface area contributed by atoms with E-state index in [-0.39, 0.29) is 46.2 Å². The Morgan fingerprint density at radius 2 is 1.51 bits per heavy atom. The Bertz CT molecular complexity index is 1420. The molecule has 7 rings (SSSR count). The lowest BCUT2D eigenvalue weighted by Gasteiger charge is -2.71. The number of allylic oxidation sites excluding steroid dienone is 2. The summed E-state index contributed by atoms with van der Waals surface area (Å²) >= 11 is 0. The summed E-state index contributed by atoms with van der Waals surface area (Å²) in [5.74, 6) is 0.815. The number of carbonyl (C=O) groups excluding carboxylic acids is 1. The Morgan fingerprint density at radius 3 is 2.21 bits per heavy atom. The number of hydrogen-bond acceptors (Lipinski definition) is 12. The van der Waals surface area contributed by atoms with Crippen molar-refractivity contribution in [3.05, 3.63) is 11.6 Å². The molecule has 0 radical (unpaired) electrons. The van der Waals surface area contributed by atoms with Crippen LogP contribution >= 0.6 is 0 Å². The van der Waals surface area contributed by atoms with E-state index in [0.29, 0.717) is 30.6 Å². The Kier molecular flexibility index (Phi) is 10.4. The Labute approximate surface area is 314 Å². The average molecular weight is 751 g/mol. The molecule has 0 aromatic rings. The van der Waals surface area contributed by atoms with Gasteiger partial charge in [-0.25, -0.2) is 0 Å². The second-order valence-electron chi connectivity index (χ2n) is 19.6. The van der Waals surface area contributed by atoms with Crippen molar-refractivity contribution in [1.82, 2.24) is 0 Å². The topological polar surface area (TPSA) is 196 Å². The molecule has 7 N–H and O–H groups in total. The second kappa shape index (κ2) is 13.7. The van der Waals surface area contributed by atoms with Gasteiger partial charge in [-0.05, 0) is 109 Å². The van der Waals surface area contributed by atoms with Crippen LogP contribution in [0.2, 0.25) is 0 Å². The van der Waals surface area contributed by atoms with Gasteiger partial charge in [-0.1, -0.05) is 60.1 Å². The Hall–Kier alpha value is -1.19. The van der Waals surface area contributed by atoms with Crippen molar-refractivity contribution < 1.29 is 59.5 Å². The summed E-state index contributed by atoms with van der Waals surface area (Å²) in [7, 11) is 0. The molecule has 12 heteroatoms. The zero-order chi connectivity index (χ0) is 38.6. The lowest BCUT2D eigenvalue weighted by molar-refractivity contribution is -0.308. The van der Waals surface area contributed by atoms with Crippen LogP contribution in [-0.4, -0.2) is 116 Å². The van der Waals surface area contributed by atoms with Crippen LogP contribution in [0.3, 0.4) is 0 Å². The summed E-state index contributed by atoms with van der Waals surface area (Å²) in [5, 5.41) is 72.3. The van der Waals surface area contributed by atoms with Crippen LogP contribution in [-0.2, 0) is 23.7 Å². The van der Waals surface area contributed by atoms with Crippen molar-refractivity contribution in [2.75, 3.05) is 13.2 Å². The first-order valence-corrected chi connectivity index (χ1v) is 20.3. The van der Waals surface area contributed by atoms with Gasteiger partial charge in [-0.15, -0.1) is 0 Å². The summed E-state index contributed by atoms with van der Waals surface area (Å²) in [6, 6.07) is 0. The molecule has 7 aliphatic rings. The fraction of sp³-hybridized carbons (Fsp3) is 0.927. The predicted octanol–water partition coefficient (Wildman–Crippen LogP) is 2.81. The van der Waals surface area contributed by atoms with Crippen molar-refractivity contribution in [2.45, 2.75) is 168 Å². The van der Waals surface area contributed by atoms with Crippen molar-refractivity contribution in [3.63, 3.8) is 0 Å². The highest BCUT2D eigenvalue weighted by Gasteiger charge is 2.70. The average Bonchev–Trinajstić information content (AvgIpc) is 3.11. The monoisotopic (exact) mass is 750 g/mol. The van der Waals surface area contributed by atoms with Crippen LogP contribution < -0.4 is 0 Å². The first-order chi connectivity index (χ1) is 24.8. The van der Waals surface area contributed by atoms with Gasteiger partial charge in [0.25, 0.3) is 0 Å². The molecule has 4 saturated carbocycles. The number of fused-ring (bicyclic) bond motifs is 7. The number of hydrogen-bond donors (Lipinski definition) is 7. The van der Waals surface area contributed by atoms with Crippen LogP contribution in [0.5, 0.6) is 0 Å². The van der Waals surface area contributed by atoms with E-state index in [4.69, 9.17) is 18.9 Å². The number of carbonyl (C=O) groups is 1. The van der Waals surface area contributed by atoms with E-state index in [1.54, 1.807) is 0 Å². The minimum atomic E-state index is -1.64. The summed E-state index contributed by atoms with van der Waals surface area (Å²) in [4.78, 5) is 14.6. The quantitative estimate of drug-likeness (QED) is 0.124. The van der Waals surface area contributed by atoms with Gasteiger partial charge in [-0.3, -0.25) is 4.79 Å². The first-order valence-electron chi connectivity index (χ1n) is 20.3. The standard InChI is InChI=1S/C41H66O12/c1-20-10-15-41(36(49)53-35-33(48)31(46)30(45)24(18-42)51-35)17-16-39(6)22(28(41)21(20)2)8-9-26-38(5)13-12-27(37(3,4)25(38)11-14-40(26,39)7)52-34-32(47)29(44)23(43)19-50-34/h8,20-21,23-35,42-48H,9-19H2,1-7H3/t20-,21+,23+,24-,25+,26-,27+,28+,29+,30-,31+,32-,33-,34+,35+,38+,39-,40-,41+/m1/s1. The van der Waals surface area contributed by atoms with Gasteiger partial charge >= 0.3 is 5.97 Å². The van der Waals surface area contributed by atoms with Gasteiger partial charge in [0.1, 0.15) is 42.7 Å². The highest BCUT2D eigenvalue weighted by Crippen LogP contribution is 2.76. The fourth-order valence-electron chi connectivity index (χ4n) is 13.5. The number of aliphatic hydroxyl groups excluding tert-OH is 7. The third-order valence-electron chi connectivity index (χ3n) is 17.2. The largest absolute Gasteiger partial charge is 0.432 e. The van der Waals surface area contributed by atoms with Gasteiger partial charge in [0, 0.05) is 0 Å². The van der Waals surface area contributed by atoms with Gasteiger partial charge < -0.3 is 54.7 Å². The van der Waals surface area contributed by atoms with E-state index in [1.807, 2.05) is 0 Å². The van der Waals surface area contributed by atoms with Crippen molar-refractivity contribution in [2.24, 2.45) is 56.7 Å². The molecular formula is C41H66O12. The molecule has 12 nitrogen and oxygen atoms in total. The molecule has 2 heterocycles. The van der Waals surface area contributed by atoms with E-state index in [2.05, 4.69) is 54.5 Å². The van der Waals surface area contributed by atoms with Crippen LogP contribution in [0, 0.1) is 56.7 Å². The smallest absolute Gasteiger partial charge is 0.315 e. The first kappa shape index (κ1) is 40.0. The molecule has 19 atom stereocenters. The van der Waals surface area contributed by atoms with Crippen LogP contribution in [0.25, 0.3) is 0 Å². The minimum absolute atomic E-state index is 0.00515. The maximum atomic E-state index is 14.6. The summed E-state index contributed by atoms with van der Waals surface area (Å²) in [5.41, 5.74) is 0.0874. The highest BCUT2D eigenvalue weighted by atomic mass is 16.7. The Morgan fingerprint density at radius 1 is 0.811 bits per heavy atom. The van der Waals surface area contributed by atoms with Crippen LogP contribution in [0.1, 0.15) is 106 Å². The maximum Gasteiger partial charge on any atom is 0.315 e. The van der Waals surface area contributed by atoms with E-state index in [1.165, 1.54) is 5.57 Å². The van der Waals surface area contributed by atoms with Gasteiger partial charge in [-0.2, -0.15) is 0 Å². The van der Waals surface area contributed by atoms with Crippen molar-refractivity contribution in [3.8, 4) is 0 Å².